The number of nitrogens with zero attached hydrogens (tertiary/aromatic N) is 1. The van der Waals surface area contributed by atoms with Crippen molar-refractivity contribution in [1.82, 2.24) is 9.62 Å². The number of likely N-dealkylation sites (tertiary alicyclic amines) is 1. The van der Waals surface area contributed by atoms with Crippen molar-refractivity contribution in [2.75, 3.05) is 19.6 Å². The molecule has 1 aliphatic rings. The smallest absolute Gasteiger partial charge is 0.240 e. The zero-order valence-corrected chi connectivity index (χ0v) is 18.0. The minimum absolute atomic E-state index is 0. The molecule has 1 amide bonds. The van der Waals surface area contributed by atoms with Crippen molar-refractivity contribution in [3.8, 4) is 0 Å². The van der Waals surface area contributed by atoms with E-state index < -0.39 is 10.0 Å². The van der Waals surface area contributed by atoms with Crippen LogP contribution in [-0.4, -0.2) is 44.9 Å². The summed E-state index contributed by atoms with van der Waals surface area (Å²) in [4.78, 5) is 14.4. The van der Waals surface area contributed by atoms with Gasteiger partial charge in [-0.2, -0.15) is 0 Å². The minimum atomic E-state index is -3.59. The van der Waals surface area contributed by atoms with Crippen LogP contribution in [0.25, 0.3) is 0 Å². The van der Waals surface area contributed by atoms with Crippen LogP contribution < -0.4 is 10.5 Å². The number of nitrogens with two attached hydrogens (primary N) is 1. The second kappa shape index (κ2) is 10.4. The number of hydrogen-bond acceptors (Lipinski definition) is 4. The molecule has 1 aromatic rings. The lowest BCUT2D eigenvalue weighted by Gasteiger charge is -2.34. The van der Waals surface area contributed by atoms with E-state index in [4.69, 9.17) is 5.73 Å². The Balaban J connectivity index is 0.00000364. The first-order chi connectivity index (χ1) is 12.2. The molecule has 0 spiro atoms. The van der Waals surface area contributed by atoms with Gasteiger partial charge in [0.25, 0.3) is 0 Å². The number of rotatable bonds is 7. The van der Waals surface area contributed by atoms with Gasteiger partial charge in [0.1, 0.15) is 0 Å². The van der Waals surface area contributed by atoms with E-state index in [2.05, 4.69) is 18.6 Å². The molecule has 0 radical (unpaired) electrons. The van der Waals surface area contributed by atoms with Crippen molar-refractivity contribution < 1.29 is 13.2 Å². The molecule has 2 unspecified atom stereocenters. The predicted octanol–water partition coefficient (Wildman–Crippen LogP) is 2.49. The number of carbonyl (C=O) groups excluding carboxylic acids is 1. The van der Waals surface area contributed by atoms with Gasteiger partial charge >= 0.3 is 0 Å². The Morgan fingerprint density at radius 1 is 1.26 bits per heavy atom. The molecular formula is C19H32ClN3O3S. The second-order valence-electron chi connectivity index (χ2n) is 7.47. The quantitative estimate of drug-likeness (QED) is 0.712. The number of carbonyl (C=O) groups is 1. The van der Waals surface area contributed by atoms with Crippen LogP contribution in [-0.2, 0) is 14.8 Å². The SMILES string of the molecule is CC(C)c1ccc(S(=O)(=O)NCCC(=O)N2CCCC(C(C)N)C2)cc1.Cl. The number of nitrogens with one attached hydrogen (secondary N) is 1. The first-order valence-corrected chi connectivity index (χ1v) is 10.8. The molecule has 2 rings (SSSR count). The number of sulfonamides is 1. The van der Waals surface area contributed by atoms with Gasteiger partial charge in [-0.25, -0.2) is 13.1 Å². The fourth-order valence-electron chi connectivity index (χ4n) is 3.23. The van der Waals surface area contributed by atoms with E-state index >= 15 is 0 Å². The Hall–Kier alpha value is -1.15. The van der Waals surface area contributed by atoms with E-state index in [1.807, 2.05) is 24.0 Å². The van der Waals surface area contributed by atoms with Gasteiger partial charge in [0, 0.05) is 32.1 Å². The van der Waals surface area contributed by atoms with Crippen molar-refractivity contribution in [1.29, 1.82) is 0 Å². The summed E-state index contributed by atoms with van der Waals surface area (Å²) in [6.45, 7) is 7.59. The fraction of sp³-hybridized carbons (Fsp3) is 0.632. The Kier molecular flexibility index (Phi) is 9.21. The summed E-state index contributed by atoms with van der Waals surface area (Å²) in [6, 6.07) is 6.94. The highest BCUT2D eigenvalue weighted by molar-refractivity contribution is 7.89. The summed E-state index contributed by atoms with van der Waals surface area (Å²) in [7, 11) is -3.59. The zero-order valence-electron chi connectivity index (χ0n) is 16.3. The third-order valence-electron chi connectivity index (χ3n) is 5.04. The van der Waals surface area contributed by atoms with Crippen LogP contribution in [0.2, 0.25) is 0 Å². The third-order valence-corrected chi connectivity index (χ3v) is 6.52. The fourth-order valence-corrected chi connectivity index (χ4v) is 4.26. The highest BCUT2D eigenvalue weighted by atomic mass is 35.5. The molecule has 1 aliphatic heterocycles. The number of benzene rings is 1. The highest BCUT2D eigenvalue weighted by Gasteiger charge is 2.25. The van der Waals surface area contributed by atoms with Gasteiger partial charge in [0.05, 0.1) is 4.90 Å². The predicted molar refractivity (Wildman–Crippen MR) is 111 cm³/mol. The molecule has 3 N–H and O–H groups in total. The van der Waals surface area contributed by atoms with E-state index in [1.54, 1.807) is 12.1 Å². The molecular weight excluding hydrogens is 386 g/mol. The molecule has 1 heterocycles. The maximum absolute atomic E-state index is 12.4. The van der Waals surface area contributed by atoms with Gasteiger partial charge in [-0.3, -0.25) is 4.79 Å². The standard InChI is InChI=1S/C19H31N3O3S.ClH/c1-14(2)16-6-8-18(9-7-16)26(24,25)21-11-10-19(23)22-12-4-5-17(13-22)15(3)20;/h6-9,14-15,17,21H,4-5,10-13,20H2,1-3H3;1H. The summed E-state index contributed by atoms with van der Waals surface area (Å²) in [5, 5.41) is 0. The molecule has 1 fully saturated rings. The Bertz CT molecular complexity index is 705. The lowest BCUT2D eigenvalue weighted by Crippen LogP contribution is -2.45. The van der Waals surface area contributed by atoms with E-state index in [0.717, 1.165) is 24.9 Å². The normalized spacial score (nSPS) is 18.9. The molecule has 6 nitrogen and oxygen atoms in total. The molecule has 2 atom stereocenters. The molecule has 1 aromatic carbocycles. The van der Waals surface area contributed by atoms with E-state index in [-0.39, 0.29) is 42.2 Å². The summed E-state index contributed by atoms with van der Waals surface area (Å²) in [6.07, 6.45) is 2.15. The monoisotopic (exact) mass is 417 g/mol. The van der Waals surface area contributed by atoms with Crippen molar-refractivity contribution in [3.63, 3.8) is 0 Å². The summed E-state index contributed by atoms with van der Waals surface area (Å²) in [5.74, 6) is 0.652. The van der Waals surface area contributed by atoms with E-state index in [0.29, 0.717) is 18.4 Å². The molecule has 0 aliphatic carbocycles. The van der Waals surface area contributed by atoms with Crippen LogP contribution in [0.15, 0.2) is 29.2 Å². The first-order valence-electron chi connectivity index (χ1n) is 9.33. The number of halogens is 1. The van der Waals surface area contributed by atoms with E-state index in [9.17, 15) is 13.2 Å². The first kappa shape index (κ1) is 23.9. The molecule has 154 valence electrons. The summed E-state index contributed by atoms with van der Waals surface area (Å²) >= 11 is 0. The van der Waals surface area contributed by atoms with Crippen LogP contribution in [0.5, 0.6) is 0 Å². The van der Waals surface area contributed by atoms with Crippen LogP contribution >= 0.6 is 12.4 Å². The van der Waals surface area contributed by atoms with Crippen LogP contribution in [0, 0.1) is 5.92 Å². The summed E-state index contributed by atoms with van der Waals surface area (Å²) in [5.41, 5.74) is 7.04. The molecule has 0 saturated carbocycles. The lowest BCUT2D eigenvalue weighted by atomic mass is 9.92. The largest absolute Gasteiger partial charge is 0.342 e. The number of hydrogen-bond donors (Lipinski definition) is 2. The number of amides is 1. The Morgan fingerprint density at radius 2 is 1.89 bits per heavy atom. The van der Waals surface area contributed by atoms with Crippen LogP contribution in [0.1, 0.15) is 51.5 Å². The van der Waals surface area contributed by atoms with Crippen molar-refractivity contribution in [3.05, 3.63) is 29.8 Å². The lowest BCUT2D eigenvalue weighted by molar-refractivity contribution is -0.132. The average Bonchev–Trinajstić information content (AvgIpc) is 2.61. The molecule has 0 bridgehead atoms. The van der Waals surface area contributed by atoms with Gasteiger partial charge in [0.2, 0.25) is 15.9 Å². The summed E-state index contributed by atoms with van der Waals surface area (Å²) < 4.78 is 27.2. The van der Waals surface area contributed by atoms with Crippen LogP contribution in [0.4, 0.5) is 0 Å². The zero-order chi connectivity index (χ0) is 19.3. The van der Waals surface area contributed by atoms with Crippen molar-refractivity contribution >= 4 is 28.3 Å². The average molecular weight is 418 g/mol. The minimum Gasteiger partial charge on any atom is -0.342 e. The Labute approximate surface area is 169 Å². The molecule has 0 aromatic heterocycles. The van der Waals surface area contributed by atoms with Crippen molar-refractivity contribution in [2.45, 2.75) is 56.9 Å². The maximum Gasteiger partial charge on any atom is 0.240 e. The Morgan fingerprint density at radius 3 is 2.44 bits per heavy atom. The second-order valence-corrected chi connectivity index (χ2v) is 9.24. The van der Waals surface area contributed by atoms with Crippen LogP contribution in [0.3, 0.4) is 0 Å². The third kappa shape index (κ3) is 6.75. The number of piperidine rings is 1. The van der Waals surface area contributed by atoms with E-state index in [1.165, 1.54) is 0 Å². The topological polar surface area (TPSA) is 92.5 Å². The van der Waals surface area contributed by atoms with Crippen molar-refractivity contribution in [2.24, 2.45) is 11.7 Å². The van der Waals surface area contributed by atoms with Gasteiger partial charge in [-0.1, -0.05) is 26.0 Å². The molecule has 27 heavy (non-hydrogen) atoms. The van der Waals surface area contributed by atoms with Gasteiger partial charge in [-0.15, -0.1) is 12.4 Å². The maximum atomic E-state index is 12.4. The molecule has 8 heteroatoms. The molecule has 1 saturated heterocycles. The van der Waals surface area contributed by atoms with Gasteiger partial charge in [0.15, 0.2) is 0 Å². The van der Waals surface area contributed by atoms with Gasteiger partial charge in [-0.05, 0) is 49.3 Å². The van der Waals surface area contributed by atoms with Gasteiger partial charge < -0.3 is 10.6 Å². The highest BCUT2D eigenvalue weighted by Crippen LogP contribution is 2.20.